The molecule has 1 N–H and O–H groups in total. The number of hydrogen-bond acceptors (Lipinski definition) is 4. The van der Waals surface area contributed by atoms with Crippen LogP contribution in [0.3, 0.4) is 0 Å². The molecule has 1 amide bonds. The van der Waals surface area contributed by atoms with Gasteiger partial charge in [0.15, 0.2) is 0 Å². The largest absolute Gasteiger partial charge is 0.447 e. The third-order valence-electron chi connectivity index (χ3n) is 5.53. The van der Waals surface area contributed by atoms with Crippen molar-refractivity contribution >= 4 is 17.7 Å². The summed E-state index contributed by atoms with van der Waals surface area (Å²) >= 11 is 6.25. The van der Waals surface area contributed by atoms with Gasteiger partial charge in [0, 0.05) is 29.7 Å². The first-order valence-corrected chi connectivity index (χ1v) is 9.07. The molecular formula is C19H23ClN2O3. The van der Waals surface area contributed by atoms with Crippen molar-refractivity contribution in [3.8, 4) is 0 Å². The number of ether oxygens (including phenoxy) is 2. The number of aryl methyl sites for hydroxylation is 1. The zero-order valence-corrected chi connectivity index (χ0v) is 15.1. The molecule has 0 radical (unpaired) electrons. The summed E-state index contributed by atoms with van der Waals surface area (Å²) in [7, 11) is 0. The van der Waals surface area contributed by atoms with E-state index in [9.17, 15) is 4.79 Å². The van der Waals surface area contributed by atoms with Crippen molar-refractivity contribution in [3.05, 3.63) is 46.6 Å². The van der Waals surface area contributed by atoms with Crippen LogP contribution in [0.5, 0.6) is 0 Å². The van der Waals surface area contributed by atoms with Gasteiger partial charge >= 0.3 is 6.09 Å². The average Bonchev–Trinajstić information content (AvgIpc) is 2.88. The van der Waals surface area contributed by atoms with Crippen LogP contribution >= 0.6 is 11.6 Å². The molecule has 0 atom stereocenters. The maximum atomic E-state index is 11.2. The Morgan fingerprint density at radius 1 is 1.48 bits per heavy atom. The molecule has 0 bridgehead atoms. The highest BCUT2D eigenvalue weighted by molar-refractivity contribution is 6.31. The number of cyclic esters (lactones) is 1. The maximum absolute atomic E-state index is 11.2. The summed E-state index contributed by atoms with van der Waals surface area (Å²) < 4.78 is 11.0. The van der Waals surface area contributed by atoms with Gasteiger partial charge in [-0.05, 0) is 37.0 Å². The zero-order chi connectivity index (χ0) is 17.6. The number of carbonyl (C=O) groups is 1. The van der Waals surface area contributed by atoms with Crippen molar-refractivity contribution in [2.75, 3.05) is 19.7 Å². The molecule has 2 heterocycles. The molecule has 1 spiro atoms. The van der Waals surface area contributed by atoms with Crippen molar-refractivity contribution in [2.24, 2.45) is 5.92 Å². The molecule has 1 aliphatic carbocycles. The summed E-state index contributed by atoms with van der Waals surface area (Å²) in [6.07, 6.45) is 1.76. The molecular weight excluding hydrogens is 340 g/mol. The summed E-state index contributed by atoms with van der Waals surface area (Å²) in [4.78, 5) is 13.5. The number of amides is 1. The Labute approximate surface area is 152 Å². The standard InChI is InChI=1S/C19H23ClN2O3/c1-12-3-4-14(17(20)5-12)10-24-16-8-22(9-16)13(2)15-6-19(7-15)11-25-18(23)21-19/h3-5,15-16H,2,6-11H2,1H3,(H,21,23)/t15-,19+. The minimum absolute atomic E-state index is 0.145. The predicted molar refractivity (Wildman–Crippen MR) is 95.4 cm³/mol. The molecule has 3 fully saturated rings. The number of nitrogens with one attached hydrogen (secondary N) is 1. The zero-order valence-electron chi connectivity index (χ0n) is 14.4. The van der Waals surface area contributed by atoms with Crippen LogP contribution in [0.4, 0.5) is 4.79 Å². The van der Waals surface area contributed by atoms with Gasteiger partial charge in [-0.3, -0.25) is 0 Å². The van der Waals surface area contributed by atoms with Crippen LogP contribution < -0.4 is 5.32 Å². The second-order valence-corrected chi connectivity index (χ2v) is 7.92. The molecule has 134 valence electrons. The van der Waals surface area contributed by atoms with Gasteiger partial charge in [0.05, 0.1) is 18.2 Å². The Balaban J connectivity index is 1.20. The summed E-state index contributed by atoms with van der Waals surface area (Å²) in [6, 6.07) is 6.04. The monoisotopic (exact) mass is 362 g/mol. The van der Waals surface area contributed by atoms with Crippen molar-refractivity contribution in [2.45, 2.75) is 38.0 Å². The number of allylic oxidation sites excluding steroid dienone is 1. The molecule has 0 aromatic heterocycles. The Hall–Kier alpha value is -1.72. The van der Waals surface area contributed by atoms with Gasteiger partial charge in [0.1, 0.15) is 6.61 Å². The molecule has 5 nitrogen and oxygen atoms in total. The molecule has 1 aromatic carbocycles. The Kier molecular flexibility index (Phi) is 4.16. The molecule has 2 saturated heterocycles. The van der Waals surface area contributed by atoms with E-state index in [1.165, 1.54) is 0 Å². The SMILES string of the molecule is C=C([C@H]1C[C@]2(COC(=O)N2)C1)N1CC(OCc2ccc(C)cc2Cl)C1. The van der Waals surface area contributed by atoms with Crippen LogP contribution in [-0.4, -0.2) is 42.3 Å². The lowest BCUT2D eigenvalue weighted by Gasteiger charge is -2.50. The van der Waals surface area contributed by atoms with Gasteiger partial charge < -0.3 is 19.7 Å². The molecule has 6 heteroatoms. The number of likely N-dealkylation sites (tertiary alicyclic amines) is 1. The summed E-state index contributed by atoms with van der Waals surface area (Å²) in [6.45, 7) is 9.04. The quantitative estimate of drug-likeness (QED) is 0.873. The van der Waals surface area contributed by atoms with Crippen LogP contribution in [0.2, 0.25) is 5.02 Å². The molecule has 4 rings (SSSR count). The minimum Gasteiger partial charge on any atom is -0.447 e. The van der Waals surface area contributed by atoms with Gasteiger partial charge in [-0.15, -0.1) is 0 Å². The maximum Gasteiger partial charge on any atom is 0.407 e. The van der Waals surface area contributed by atoms with Crippen molar-refractivity contribution in [1.29, 1.82) is 0 Å². The smallest absolute Gasteiger partial charge is 0.407 e. The Morgan fingerprint density at radius 3 is 2.88 bits per heavy atom. The minimum atomic E-state index is -0.295. The van der Waals surface area contributed by atoms with Gasteiger partial charge in [0.25, 0.3) is 0 Å². The lowest BCUT2D eigenvalue weighted by atomic mass is 9.67. The van der Waals surface area contributed by atoms with Gasteiger partial charge in [-0.25, -0.2) is 4.79 Å². The summed E-state index contributed by atoms with van der Waals surface area (Å²) in [5.41, 5.74) is 3.19. The second kappa shape index (κ2) is 6.22. The molecule has 1 aromatic rings. The summed E-state index contributed by atoms with van der Waals surface area (Å²) in [5.74, 6) is 0.425. The number of benzene rings is 1. The number of halogens is 1. The van der Waals surface area contributed by atoms with E-state index >= 15 is 0 Å². The molecule has 25 heavy (non-hydrogen) atoms. The van der Waals surface area contributed by atoms with Gasteiger partial charge in [-0.1, -0.05) is 30.3 Å². The molecule has 0 unspecified atom stereocenters. The third kappa shape index (κ3) is 3.23. The third-order valence-corrected chi connectivity index (χ3v) is 5.88. The number of rotatable bonds is 5. The van der Waals surface area contributed by atoms with Crippen LogP contribution in [0.15, 0.2) is 30.5 Å². The van der Waals surface area contributed by atoms with Crippen LogP contribution in [0.1, 0.15) is 24.0 Å². The highest BCUT2D eigenvalue weighted by Crippen LogP contribution is 2.45. The first-order chi connectivity index (χ1) is 11.9. The van der Waals surface area contributed by atoms with Crippen molar-refractivity contribution < 1.29 is 14.3 Å². The van der Waals surface area contributed by atoms with E-state index in [0.29, 0.717) is 19.1 Å². The van der Waals surface area contributed by atoms with Gasteiger partial charge in [-0.2, -0.15) is 0 Å². The van der Waals surface area contributed by atoms with E-state index in [1.807, 2.05) is 19.1 Å². The summed E-state index contributed by atoms with van der Waals surface area (Å²) in [5, 5.41) is 3.69. The molecule has 1 saturated carbocycles. The van der Waals surface area contributed by atoms with Crippen molar-refractivity contribution in [1.82, 2.24) is 10.2 Å². The lowest BCUT2D eigenvalue weighted by molar-refractivity contribution is -0.0572. The molecule has 2 aliphatic heterocycles. The second-order valence-electron chi connectivity index (χ2n) is 7.51. The van der Waals surface area contributed by atoms with Crippen molar-refractivity contribution in [3.63, 3.8) is 0 Å². The van der Waals surface area contributed by atoms with E-state index in [0.717, 1.165) is 47.8 Å². The normalized spacial score (nSPS) is 28.3. The van der Waals surface area contributed by atoms with E-state index in [2.05, 4.69) is 22.9 Å². The topological polar surface area (TPSA) is 50.8 Å². The lowest BCUT2D eigenvalue weighted by Crippen LogP contribution is -2.58. The molecule has 3 aliphatic rings. The Bertz CT molecular complexity index is 709. The van der Waals surface area contributed by atoms with Crippen LogP contribution in [0, 0.1) is 12.8 Å². The van der Waals surface area contributed by atoms with E-state index in [4.69, 9.17) is 21.1 Å². The highest BCUT2D eigenvalue weighted by Gasteiger charge is 2.52. The van der Waals surface area contributed by atoms with Crippen LogP contribution in [0.25, 0.3) is 0 Å². The number of nitrogens with zero attached hydrogens (tertiary/aromatic N) is 1. The predicted octanol–water partition coefficient (Wildman–Crippen LogP) is 3.25. The van der Waals surface area contributed by atoms with E-state index in [1.54, 1.807) is 0 Å². The Morgan fingerprint density at radius 2 is 2.24 bits per heavy atom. The fourth-order valence-electron chi connectivity index (χ4n) is 3.84. The fourth-order valence-corrected chi connectivity index (χ4v) is 4.13. The van der Waals surface area contributed by atoms with E-state index < -0.39 is 0 Å². The first-order valence-electron chi connectivity index (χ1n) is 8.69. The van der Waals surface area contributed by atoms with Crippen LogP contribution in [-0.2, 0) is 16.1 Å². The number of carbonyl (C=O) groups excluding carboxylic acids is 1. The van der Waals surface area contributed by atoms with E-state index in [-0.39, 0.29) is 17.7 Å². The number of hydrogen-bond donors (Lipinski definition) is 1. The fraction of sp³-hybridized carbons (Fsp3) is 0.526. The highest BCUT2D eigenvalue weighted by atomic mass is 35.5. The average molecular weight is 363 g/mol. The first kappa shape index (κ1) is 16.7. The van der Waals surface area contributed by atoms with Gasteiger partial charge in [0.2, 0.25) is 0 Å². The number of alkyl carbamates (subject to hydrolysis) is 1.